The highest BCUT2D eigenvalue weighted by molar-refractivity contribution is 8.13. The second kappa shape index (κ2) is 27.7. The van der Waals surface area contributed by atoms with Crippen LogP contribution < -0.4 is 35.9 Å². The van der Waals surface area contributed by atoms with E-state index < -0.39 is 84.6 Å². The first-order valence-corrected chi connectivity index (χ1v) is 27.3. The first-order chi connectivity index (χ1) is 31.0. The van der Waals surface area contributed by atoms with Crippen molar-refractivity contribution in [2.24, 2.45) is 11.3 Å². The maximum atomic E-state index is 12.7. The molecule has 1 fully saturated rings. The Bertz CT molecular complexity index is 2000. The third-order valence-electron chi connectivity index (χ3n) is 10.6. The van der Waals surface area contributed by atoms with Crippen molar-refractivity contribution in [2.75, 3.05) is 37.8 Å². The molecule has 0 bridgehead atoms. The minimum atomic E-state index is -5.92. The molecular weight excluding hydrogens is 951 g/mol. The van der Waals surface area contributed by atoms with Crippen molar-refractivity contribution < 1.29 is 80.5 Å². The highest BCUT2D eigenvalue weighted by Gasteiger charge is 2.47. The van der Waals surface area contributed by atoms with Crippen LogP contribution in [-0.4, -0.2) is 103 Å². The number of unbranched alkanes of at least 4 members (excludes halogenated alkanes) is 11. The molecule has 0 aliphatic carbocycles. The van der Waals surface area contributed by atoms with Crippen LogP contribution >= 0.6 is 35.2 Å². The van der Waals surface area contributed by atoms with Crippen LogP contribution in [-0.2, 0) is 50.7 Å². The number of hydrogen-bond acceptors (Lipinski definition) is 22. The minimum absolute atomic E-state index is 0.0183. The molecule has 8 atom stereocenters. The normalized spacial score (nSPS) is 20.7. The van der Waals surface area contributed by atoms with Crippen molar-refractivity contribution in [2.45, 2.75) is 148 Å². The Morgan fingerprint density at radius 2 is 1.53 bits per heavy atom. The summed E-state index contributed by atoms with van der Waals surface area (Å²) in [7, 11) is -17.6. The van der Waals surface area contributed by atoms with Crippen molar-refractivity contribution in [3.63, 3.8) is 0 Å². The van der Waals surface area contributed by atoms with Crippen LogP contribution in [0.3, 0.4) is 0 Å². The second-order valence-electron chi connectivity index (χ2n) is 16.7. The summed E-state index contributed by atoms with van der Waals surface area (Å²) >= 11 is 1.15. The monoisotopic (exact) mass is 1020 g/mol. The molecule has 0 aromatic carbocycles. The molecule has 1 aliphatic heterocycles. The van der Waals surface area contributed by atoms with E-state index in [4.69, 9.17) is 10.5 Å². The Balaban J connectivity index is 1.34. The number of aliphatic hydroxyl groups is 2. The molecule has 6 N–H and O–H groups in total. The SMILES string of the molecule is CCCCCCCCCCCCCCC(C)C(=O)SCCNC(=O)CCNC(=O)[C@H](O)C(C)(C)COP(=O)([O-])OP(=O)([O-])OC[C@H]1O[C@@H](n2cnc3c(N)ncnc32)[C@H](O)[C@@H]1OP(=O)([O-])[O-]. The van der Waals surface area contributed by atoms with Gasteiger partial charge < -0.3 is 69.0 Å². The fourth-order valence-electron chi connectivity index (χ4n) is 6.81. The van der Waals surface area contributed by atoms with Gasteiger partial charge in [-0.15, -0.1) is 0 Å². The summed E-state index contributed by atoms with van der Waals surface area (Å²) in [6.07, 6.45) is 8.22. The minimum Gasteiger partial charge on any atom is -0.790 e. The summed E-state index contributed by atoms with van der Waals surface area (Å²) in [6.45, 7) is 4.31. The number of anilines is 1. The third kappa shape index (κ3) is 20.3. The topological polar surface area (TPSA) is 375 Å². The summed E-state index contributed by atoms with van der Waals surface area (Å²) in [5.41, 5.74) is 4.09. The molecular formula is C38H64N7O17P3S-4. The van der Waals surface area contributed by atoms with Crippen molar-refractivity contribution in [1.82, 2.24) is 30.2 Å². The second-order valence-corrected chi connectivity index (χ2v) is 21.9. The maximum Gasteiger partial charge on any atom is 0.274 e. The zero-order chi connectivity index (χ0) is 49.1. The molecule has 378 valence electrons. The number of nitrogens with zero attached hydrogens (tertiary/aromatic N) is 4. The number of nitrogen functional groups attached to an aromatic ring is 1. The molecule has 2 amide bonds. The number of hydrogen-bond donors (Lipinski definition) is 5. The molecule has 0 saturated carbocycles. The fraction of sp³-hybridized carbons (Fsp3) is 0.789. The van der Waals surface area contributed by atoms with Gasteiger partial charge in [0.25, 0.3) is 15.6 Å². The number of aromatic nitrogens is 4. The van der Waals surface area contributed by atoms with Gasteiger partial charge in [0.05, 0.1) is 27.4 Å². The van der Waals surface area contributed by atoms with Crippen LogP contribution in [0, 0.1) is 11.3 Å². The van der Waals surface area contributed by atoms with Gasteiger partial charge in [-0.1, -0.05) is 117 Å². The standard InChI is InChI=1S/C38H68N7O17P3S/c1-5-6-7-8-9-10-11-12-13-14-15-16-17-26(2)37(50)66-21-20-40-28(46)18-19-41-35(49)32(48)38(3,4)23-59-65(56,57)62-64(54,55)58-22-27-31(61-63(51,52)53)30(47)36(60-27)45-25-44-29-33(39)42-24-43-34(29)45/h24-27,30-32,36,47-48H,5-23H2,1-4H3,(H,40,46)(H,41,49)(H,54,55)(H,56,57)(H2,39,42,43)(H2,51,52,53)/p-4/t26?,27-,30-,31-,32+,36-/m1/s1. The van der Waals surface area contributed by atoms with Gasteiger partial charge in [-0.25, -0.2) is 19.3 Å². The molecule has 1 saturated heterocycles. The summed E-state index contributed by atoms with van der Waals surface area (Å²) < 4.78 is 60.8. The van der Waals surface area contributed by atoms with Gasteiger partial charge in [-0.05, 0) is 6.42 Å². The van der Waals surface area contributed by atoms with Crippen molar-refractivity contribution in [3.05, 3.63) is 12.7 Å². The first kappa shape index (κ1) is 57.9. The van der Waals surface area contributed by atoms with Crippen LogP contribution in [0.25, 0.3) is 11.2 Å². The predicted molar refractivity (Wildman–Crippen MR) is 233 cm³/mol. The van der Waals surface area contributed by atoms with E-state index in [1.54, 1.807) is 0 Å². The molecule has 28 heteroatoms. The number of phosphoric ester groups is 3. The third-order valence-corrected chi connectivity index (χ3v) is 14.7. The van der Waals surface area contributed by atoms with Crippen molar-refractivity contribution >= 4 is 69.1 Å². The Labute approximate surface area is 388 Å². The zero-order valence-corrected chi connectivity index (χ0v) is 41.2. The summed E-state index contributed by atoms with van der Waals surface area (Å²) in [6, 6.07) is 0. The number of imidazole rings is 1. The number of nitrogens with two attached hydrogens (primary N) is 1. The number of nitrogens with one attached hydrogen (secondary N) is 2. The number of carbonyl (C=O) groups excluding carboxylic acids is 3. The number of carbonyl (C=O) groups is 3. The average molecular weight is 1020 g/mol. The Morgan fingerprint density at radius 3 is 2.15 bits per heavy atom. The van der Waals surface area contributed by atoms with Crippen LogP contribution in [0.2, 0.25) is 0 Å². The fourth-order valence-corrected chi connectivity index (χ4v) is 10.4. The van der Waals surface area contributed by atoms with Gasteiger partial charge in [0, 0.05) is 36.6 Å². The molecule has 2 aromatic rings. The van der Waals surface area contributed by atoms with Gasteiger partial charge in [0.1, 0.15) is 36.3 Å². The highest BCUT2D eigenvalue weighted by atomic mass is 32.2. The molecule has 3 heterocycles. The quantitative estimate of drug-likeness (QED) is 0.0503. The average Bonchev–Trinajstić information content (AvgIpc) is 3.80. The Kier molecular flexibility index (Phi) is 24.3. The number of rotatable bonds is 33. The smallest absolute Gasteiger partial charge is 0.274 e. The lowest BCUT2D eigenvalue weighted by molar-refractivity contribution is -0.347. The molecule has 24 nitrogen and oxygen atoms in total. The van der Waals surface area contributed by atoms with Gasteiger partial charge in [0.2, 0.25) is 11.8 Å². The van der Waals surface area contributed by atoms with E-state index >= 15 is 0 Å². The van der Waals surface area contributed by atoms with Gasteiger partial charge in [0.15, 0.2) is 22.8 Å². The summed E-state index contributed by atoms with van der Waals surface area (Å²) in [4.78, 5) is 97.2. The highest BCUT2D eigenvalue weighted by Crippen LogP contribution is 2.56. The van der Waals surface area contributed by atoms with Crippen molar-refractivity contribution in [3.8, 4) is 0 Å². The first-order valence-electron chi connectivity index (χ1n) is 22.0. The van der Waals surface area contributed by atoms with Crippen LogP contribution in [0.5, 0.6) is 0 Å². The Hall–Kier alpha value is -2.44. The van der Waals surface area contributed by atoms with Gasteiger partial charge >= 0.3 is 0 Å². The van der Waals surface area contributed by atoms with E-state index in [1.807, 2.05) is 6.92 Å². The van der Waals surface area contributed by atoms with E-state index in [9.17, 15) is 57.9 Å². The summed E-state index contributed by atoms with van der Waals surface area (Å²) in [5.74, 6) is -1.23. The summed E-state index contributed by atoms with van der Waals surface area (Å²) in [5, 5.41) is 26.5. The van der Waals surface area contributed by atoms with E-state index in [-0.39, 0.29) is 47.5 Å². The van der Waals surface area contributed by atoms with Crippen molar-refractivity contribution in [1.29, 1.82) is 0 Å². The maximum absolute atomic E-state index is 12.7. The Morgan fingerprint density at radius 1 is 0.924 bits per heavy atom. The van der Waals surface area contributed by atoms with Gasteiger partial charge in [-0.2, -0.15) is 0 Å². The molecule has 0 spiro atoms. The van der Waals surface area contributed by atoms with Crippen LogP contribution in [0.15, 0.2) is 12.7 Å². The number of fused-ring (bicyclic) bond motifs is 1. The number of ether oxygens (including phenoxy) is 1. The lowest BCUT2D eigenvalue weighted by Crippen LogP contribution is -2.46. The van der Waals surface area contributed by atoms with E-state index in [0.717, 1.165) is 48.2 Å². The zero-order valence-electron chi connectivity index (χ0n) is 37.7. The number of amides is 2. The van der Waals surface area contributed by atoms with Gasteiger partial charge in [-0.3, -0.25) is 28.1 Å². The molecule has 2 aromatic heterocycles. The predicted octanol–water partition coefficient (Wildman–Crippen LogP) is 1.86. The van der Waals surface area contributed by atoms with E-state index in [0.29, 0.717) is 5.75 Å². The molecule has 3 rings (SSSR count). The number of aliphatic hydroxyl groups excluding tert-OH is 2. The van der Waals surface area contributed by atoms with Crippen LogP contribution in [0.1, 0.15) is 124 Å². The van der Waals surface area contributed by atoms with E-state index in [2.05, 4.69) is 50.4 Å². The molecule has 3 unspecified atom stereocenters. The lowest BCUT2D eigenvalue weighted by atomic mass is 9.87. The molecule has 66 heavy (non-hydrogen) atoms. The number of thioether (sulfide) groups is 1. The lowest BCUT2D eigenvalue weighted by Gasteiger charge is -2.36. The van der Waals surface area contributed by atoms with Crippen LogP contribution in [0.4, 0.5) is 5.82 Å². The molecule has 1 aliphatic rings. The number of phosphoric acid groups is 3. The van der Waals surface area contributed by atoms with E-state index in [1.165, 1.54) is 78.1 Å². The largest absolute Gasteiger partial charge is 0.790 e. The molecule has 0 radical (unpaired) electrons.